The molecule has 1 amide bonds. The lowest BCUT2D eigenvalue weighted by molar-refractivity contribution is -0.123. The fourth-order valence-corrected chi connectivity index (χ4v) is 2.48. The molecule has 1 saturated carbocycles. The lowest BCUT2D eigenvalue weighted by atomic mass is 10.1. The van der Waals surface area contributed by atoms with Gasteiger partial charge in [-0.05, 0) is 31.9 Å². The number of benzene rings is 1. The average molecular weight is 261 g/mol. The van der Waals surface area contributed by atoms with Gasteiger partial charge < -0.3 is 10.1 Å². The highest BCUT2D eigenvalue weighted by Crippen LogP contribution is 2.17. The highest BCUT2D eigenvalue weighted by molar-refractivity contribution is 5.77. The smallest absolute Gasteiger partial charge is 0.258 e. The maximum absolute atomic E-state index is 11.8. The van der Waals surface area contributed by atoms with Crippen molar-refractivity contribution in [2.45, 2.75) is 51.5 Å². The van der Waals surface area contributed by atoms with Crippen LogP contribution in [-0.4, -0.2) is 18.6 Å². The summed E-state index contributed by atoms with van der Waals surface area (Å²) in [5.74, 6) is 0.745. The Bertz CT molecular complexity index is 392. The molecule has 0 aromatic heterocycles. The normalized spacial score (nSPS) is 16.7. The molecule has 0 bridgehead atoms. The van der Waals surface area contributed by atoms with Gasteiger partial charge in [0.2, 0.25) is 0 Å². The van der Waals surface area contributed by atoms with Crippen LogP contribution in [0.15, 0.2) is 24.3 Å². The summed E-state index contributed by atoms with van der Waals surface area (Å²) in [4.78, 5) is 11.8. The van der Waals surface area contributed by atoms with Crippen LogP contribution in [0.1, 0.15) is 44.1 Å². The molecule has 1 aliphatic rings. The van der Waals surface area contributed by atoms with E-state index in [2.05, 4.69) is 5.32 Å². The molecule has 3 nitrogen and oxygen atoms in total. The minimum atomic E-state index is -0.00697. The molecule has 1 aliphatic carbocycles. The number of aryl methyl sites for hydroxylation is 1. The molecule has 0 radical (unpaired) electrons. The third-order valence-corrected chi connectivity index (χ3v) is 3.61. The summed E-state index contributed by atoms with van der Waals surface area (Å²) in [5.41, 5.74) is 1.19. The Labute approximate surface area is 115 Å². The van der Waals surface area contributed by atoms with E-state index in [9.17, 15) is 4.79 Å². The minimum absolute atomic E-state index is 0.00697. The number of hydrogen-bond donors (Lipinski definition) is 1. The number of carbonyl (C=O) groups is 1. The molecular formula is C16H23NO2. The Kier molecular flexibility index (Phi) is 5.25. The second kappa shape index (κ2) is 7.17. The lowest BCUT2D eigenvalue weighted by Crippen LogP contribution is -2.37. The predicted octanol–water partition coefficient (Wildman–Crippen LogP) is 3.21. The van der Waals surface area contributed by atoms with Crippen LogP contribution < -0.4 is 10.1 Å². The SMILES string of the molecule is Cc1ccc(OCC(=O)NC2CCCCCC2)cc1. The first-order valence-electron chi connectivity index (χ1n) is 7.23. The van der Waals surface area contributed by atoms with E-state index in [-0.39, 0.29) is 12.5 Å². The van der Waals surface area contributed by atoms with E-state index in [4.69, 9.17) is 4.74 Å². The summed E-state index contributed by atoms with van der Waals surface area (Å²) in [5, 5.41) is 3.08. The average Bonchev–Trinajstić information content (AvgIpc) is 2.67. The Morgan fingerprint density at radius 1 is 1.16 bits per heavy atom. The molecule has 3 heteroatoms. The minimum Gasteiger partial charge on any atom is -0.484 e. The van der Waals surface area contributed by atoms with Crippen LogP contribution >= 0.6 is 0 Å². The van der Waals surface area contributed by atoms with Gasteiger partial charge in [-0.3, -0.25) is 4.79 Å². The van der Waals surface area contributed by atoms with E-state index in [1.54, 1.807) is 0 Å². The first-order valence-corrected chi connectivity index (χ1v) is 7.23. The van der Waals surface area contributed by atoms with Gasteiger partial charge in [-0.15, -0.1) is 0 Å². The molecule has 104 valence electrons. The quantitative estimate of drug-likeness (QED) is 0.845. The molecular weight excluding hydrogens is 238 g/mol. The number of nitrogens with one attached hydrogen (secondary N) is 1. The number of amides is 1. The maximum Gasteiger partial charge on any atom is 0.258 e. The van der Waals surface area contributed by atoms with Crippen LogP contribution in [0.5, 0.6) is 5.75 Å². The molecule has 0 saturated heterocycles. The van der Waals surface area contributed by atoms with Crippen molar-refractivity contribution in [2.24, 2.45) is 0 Å². The van der Waals surface area contributed by atoms with E-state index < -0.39 is 0 Å². The number of hydrogen-bond acceptors (Lipinski definition) is 2. The highest BCUT2D eigenvalue weighted by atomic mass is 16.5. The van der Waals surface area contributed by atoms with Gasteiger partial charge >= 0.3 is 0 Å². The monoisotopic (exact) mass is 261 g/mol. The van der Waals surface area contributed by atoms with E-state index in [1.807, 2.05) is 31.2 Å². The summed E-state index contributed by atoms with van der Waals surface area (Å²) < 4.78 is 5.48. The van der Waals surface area contributed by atoms with Crippen LogP contribution in [0, 0.1) is 6.92 Å². The number of ether oxygens (including phenoxy) is 1. The van der Waals surface area contributed by atoms with E-state index in [0.717, 1.165) is 18.6 Å². The van der Waals surface area contributed by atoms with Crippen molar-refractivity contribution in [1.82, 2.24) is 5.32 Å². The van der Waals surface area contributed by atoms with Gasteiger partial charge in [-0.2, -0.15) is 0 Å². The van der Waals surface area contributed by atoms with Gasteiger partial charge in [0.25, 0.3) is 5.91 Å². The topological polar surface area (TPSA) is 38.3 Å². The van der Waals surface area contributed by atoms with Gasteiger partial charge in [-0.1, -0.05) is 43.4 Å². The van der Waals surface area contributed by atoms with E-state index >= 15 is 0 Å². The molecule has 0 unspecified atom stereocenters. The second-order valence-electron chi connectivity index (χ2n) is 5.36. The van der Waals surface area contributed by atoms with Crippen molar-refractivity contribution >= 4 is 5.91 Å². The molecule has 0 atom stereocenters. The van der Waals surface area contributed by atoms with Crippen molar-refractivity contribution in [3.05, 3.63) is 29.8 Å². The summed E-state index contributed by atoms with van der Waals surface area (Å²) in [6.07, 6.45) is 7.26. The van der Waals surface area contributed by atoms with Crippen LogP contribution in [0.4, 0.5) is 0 Å². The van der Waals surface area contributed by atoms with Crippen LogP contribution in [0.2, 0.25) is 0 Å². The Morgan fingerprint density at radius 3 is 2.42 bits per heavy atom. The first kappa shape index (κ1) is 13.9. The summed E-state index contributed by atoms with van der Waals surface area (Å²) in [6.45, 7) is 2.14. The van der Waals surface area contributed by atoms with Crippen molar-refractivity contribution in [3.63, 3.8) is 0 Å². The highest BCUT2D eigenvalue weighted by Gasteiger charge is 2.14. The molecule has 19 heavy (non-hydrogen) atoms. The van der Waals surface area contributed by atoms with Gasteiger partial charge in [-0.25, -0.2) is 0 Å². The predicted molar refractivity (Wildman–Crippen MR) is 76.3 cm³/mol. The first-order chi connectivity index (χ1) is 9.24. The summed E-state index contributed by atoms with van der Waals surface area (Å²) >= 11 is 0. The van der Waals surface area contributed by atoms with Gasteiger partial charge in [0.1, 0.15) is 5.75 Å². The van der Waals surface area contributed by atoms with Gasteiger partial charge in [0.15, 0.2) is 6.61 Å². The standard InChI is InChI=1S/C16H23NO2/c1-13-8-10-15(11-9-13)19-12-16(18)17-14-6-4-2-3-5-7-14/h8-11,14H,2-7,12H2,1H3,(H,17,18). The maximum atomic E-state index is 11.8. The summed E-state index contributed by atoms with van der Waals surface area (Å²) in [6, 6.07) is 8.11. The third-order valence-electron chi connectivity index (χ3n) is 3.61. The zero-order chi connectivity index (χ0) is 13.5. The Hall–Kier alpha value is -1.51. The fraction of sp³-hybridized carbons (Fsp3) is 0.562. The molecule has 1 aromatic rings. The molecule has 1 aromatic carbocycles. The van der Waals surface area contributed by atoms with Crippen molar-refractivity contribution in [2.75, 3.05) is 6.61 Å². The Morgan fingerprint density at radius 2 is 1.79 bits per heavy atom. The van der Waals surface area contributed by atoms with E-state index in [0.29, 0.717) is 6.04 Å². The molecule has 1 N–H and O–H groups in total. The molecule has 0 aliphatic heterocycles. The fourth-order valence-electron chi connectivity index (χ4n) is 2.48. The third kappa shape index (κ3) is 4.93. The van der Waals surface area contributed by atoms with Crippen LogP contribution in [0.3, 0.4) is 0 Å². The van der Waals surface area contributed by atoms with Gasteiger partial charge in [0, 0.05) is 6.04 Å². The van der Waals surface area contributed by atoms with Crippen molar-refractivity contribution in [3.8, 4) is 5.75 Å². The molecule has 0 heterocycles. The van der Waals surface area contributed by atoms with Gasteiger partial charge in [0.05, 0.1) is 0 Å². The van der Waals surface area contributed by atoms with Crippen molar-refractivity contribution in [1.29, 1.82) is 0 Å². The number of rotatable bonds is 4. The second-order valence-corrected chi connectivity index (χ2v) is 5.36. The molecule has 0 spiro atoms. The zero-order valence-corrected chi connectivity index (χ0v) is 11.7. The lowest BCUT2D eigenvalue weighted by Gasteiger charge is -2.16. The van der Waals surface area contributed by atoms with Crippen LogP contribution in [0.25, 0.3) is 0 Å². The zero-order valence-electron chi connectivity index (χ0n) is 11.7. The van der Waals surface area contributed by atoms with Crippen molar-refractivity contribution < 1.29 is 9.53 Å². The molecule has 2 rings (SSSR count). The largest absolute Gasteiger partial charge is 0.484 e. The Balaban J connectivity index is 1.73. The van der Waals surface area contributed by atoms with Crippen LogP contribution in [-0.2, 0) is 4.79 Å². The van der Waals surface area contributed by atoms with E-state index in [1.165, 1.54) is 31.2 Å². The number of carbonyl (C=O) groups excluding carboxylic acids is 1. The molecule has 1 fully saturated rings. The summed E-state index contributed by atoms with van der Waals surface area (Å²) in [7, 11) is 0.